The number of anilines is 2. The monoisotopic (exact) mass is 465 g/mol. The van der Waals surface area contributed by atoms with Gasteiger partial charge in [0.05, 0.1) is 24.4 Å². The minimum Gasteiger partial charge on any atom is -0.494 e. The first-order valence-corrected chi connectivity index (χ1v) is 12.9. The van der Waals surface area contributed by atoms with E-state index in [0.717, 1.165) is 68.3 Å². The number of ether oxygens (including phenoxy) is 1. The minimum atomic E-state index is -0.933. The van der Waals surface area contributed by atoms with Gasteiger partial charge in [0.15, 0.2) is 11.6 Å². The normalized spacial score (nSPS) is 21.1. The van der Waals surface area contributed by atoms with Crippen molar-refractivity contribution in [3.63, 3.8) is 0 Å². The molecule has 3 aliphatic rings. The average molecular weight is 466 g/mol. The highest BCUT2D eigenvalue weighted by molar-refractivity contribution is 5.86. The largest absolute Gasteiger partial charge is 0.494 e. The smallest absolute Gasteiger partial charge is 0.228 e. The molecule has 1 atom stereocenters. The maximum absolute atomic E-state index is 15.0. The van der Waals surface area contributed by atoms with Gasteiger partial charge in [-0.1, -0.05) is 56.7 Å². The Kier molecular flexibility index (Phi) is 6.66. The fourth-order valence-corrected chi connectivity index (χ4v) is 6.32. The van der Waals surface area contributed by atoms with Crippen molar-refractivity contribution in [2.75, 3.05) is 17.7 Å². The van der Waals surface area contributed by atoms with Crippen molar-refractivity contribution in [3.05, 3.63) is 53.8 Å². The highest BCUT2D eigenvalue weighted by Crippen LogP contribution is 2.49. The number of hydrogen-bond acceptors (Lipinski definition) is 4. The third kappa shape index (κ3) is 4.35. The number of rotatable bonds is 6. The van der Waals surface area contributed by atoms with Gasteiger partial charge in [-0.05, 0) is 55.9 Å². The van der Waals surface area contributed by atoms with E-state index in [9.17, 15) is 4.79 Å². The average Bonchev–Trinajstić information content (AvgIpc) is 3.25. The van der Waals surface area contributed by atoms with Crippen molar-refractivity contribution >= 4 is 17.3 Å². The number of nitrogens with one attached hydrogen (secondary N) is 3. The van der Waals surface area contributed by atoms with Crippen LogP contribution in [0.25, 0.3) is 0 Å². The predicted octanol–water partition coefficient (Wildman–Crippen LogP) is 6.17. The van der Waals surface area contributed by atoms with Gasteiger partial charge in [0, 0.05) is 11.6 Å². The van der Waals surface area contributed by atoms with Crippen LogP contribution < -0.4 is 20.7 Å². The third-order valence-electron chi connectivity index (χ3n) is 8.02. The molecule has 1 heterocycles. The molecule has 6 heteroatoms. The van der Waals surface area contributed by atoms with Crippen molar-refractivity contribution in [1.82, 2.24) is 5.32 Å². The predicted molar refractivity (Wildman–Crippen MR) is 133 cm³/mol. The Morgan fingerprint density at radius 2 is 1.59 bits per heavy atom. The molecule has 34 heavy (non-hydrogen) atoms. The summed E-state index contributed by atoms with van der Waals surface area (Å²) in [6, 6.07) is 13.3. The van der Waals surface area contributed by atoms with Crippen LogP contribution in [0.15, 0.2) is 42.5 Å². The summed E-state index contributed by atoms with van der Waals surface area (Å²) in [5.41, 5.74) is 1.66. The van der Waals surface area contributed by atoms with Crippen LogP contribution in [0, 0.1) is 17.7 Å². The van der Waals surface area contributed by atoms with Gasteiger partial charge in [0.25, 0.3) is 0 Å². The molecule has 0 bridgehead atoms. The van der Waals surface area contributed by atoms with Crippen LogP contribution in [0.4, 0.5) is 15.8 Å². The fraction of sp³-hybridized carbons (Fsp3) is 0.536. The van der Waals surface area contributed by atoms with Gasteiger partial charge in [0.1, 0.15) is 5.66 Å². The summed E-state index contributed by atoms with van der Waals surface area (Å²) in [6.45, 7) is 0. The minimum absolute atomic E-state index is 0.0721. The summed E-state index contributed by atoms with van der Waals surface area (Å²) in [5, 5.41) is 10.7. The molecule has 2 aromatic carbocycles. The number of halogens is 1. The van der Waals surface area contributed by atoms with Crippen molar-refractivity contribution in [3.8, 4) is 5.75 Å². The van der Waals surface area contributed by atoms with E-state index >= 15 is 4.39 Å². The Hall–Kier alpha value is -2.76. The Balaban J connectivity index is 1.58. The van der Waals surface area contributed by atoms with Crippen LogP contribution in [0.5, 0.6) is 5.75 Å². The molecule has 5 rings (SSSR count). The lowest BCUT2D eigenvalue weighted by atomic mass is 9.71. The standard InChI is InChI=1S/C28H36FN3O2/c1-34-25-17-16-20(18-22(25)29)28(31-23-14-8-9-15-24(23)32-28)26(19-10-4-2-5-11-19)27(33)30-21-12-6-3-7-13-21/h8-9,14-19,21,26,31-32H,2-7,10-13H2,1H3,(H,30,33). The van der Waals surface area contributed by atoms with Gasteiger partial charge in [0.2, 0.25) is 5.91 Å². The summed E-state index contributed by atoms with van der Waals surface area (Å²) in [7, 11) is 1.47. The summed E-state index contributed by atoms with van der Waals surface area (Å²) in [5.74, 6) is -0.320. The lowest BCUT2D eigenvalue weighted by Crippen LogP contribution is -2.56. The lowest BCUT2D eigenvalue weighted by Gasteiger charge is -2.44. The van der Waals surface area contributed by atoms with E-state index in [4.69, 9.17) is 4.74 Å². The van der Waals surface area contributed by atoms with Gasteiger partial charge < -0.3 is 20.7 Å². The van der Waals surface area contributed by atoms with Crippen LogP contribution in [0.3, 0.4) is 0 Å². The van der Waals surface area contributed by atoms with E-state index in [0.29, 0.717) is 0 Å². The highest BCUT2D eigenvalue weighted by Gasteiger charge is 2.52. The van der Waals surface area contributed by atoms with Crippen LogP contribution in [-0.2, 0) is 10.5 Å². The van der Waals surface area contributed by atoms with E-state index in [1.165, 1.54) is 26.0 Å². The van der Waals surface area contributed by atoms with E-state index in [1.54, 1.807) is 6.07 Å². The Morgan fingerprint density at radius 3 is 2.18 bits per heavy atom. The number of fused-ring (bicyclic) bond motifs is 1. The SMILES string of the molecule is COc1ccc(C2(C(C(=O)NC3CCCCC3)C3CCCCC3)Nc3ccccc3N2)cc1F. The molecule has 3 N–H and O–H groups in total. The van der Waals surface area contributed by atoms with Crippen LogP contribution in [0.1, 0.15) is 69.8 Å². The van der Waals surface area contributed by atoms with Crippen molar-refractivity contribution in [1.29, 1.82) is 0 Å². The molecule has 1 aliphatic heterocycles. The molecular weight excluding hydrogens is 429 g/mol. The molecule has 2 aromatic rings. The summed E-state index contributed by atoms with van der Waals surface area (Å²) >= 11 is 0. The Labute approximate surface area is 201 Å². The molecule has 1 unspecified atom stereocenters. The number of carbonyl (C=O) groups excluding carboxylic acids is 1. The van der Waals surface area contributed by atoms with Crippen molar-refractivity contribution in [2.24, 2.45) is 11.8 Å². The fourth-order valence-electron chi connectivity index (χ4n) is 6.32. The number of benzene rings is 2. The van der Waals surface area contributed by atoms with Gasteiger partial charge >= 0.3 is 0 Å². The topological polar surface area (TPSA) is 62.4 Å². The van der Waals surface area contributed by atoms with E-state index in [-0.39, 0.29) is 29.5 Å². The maximum atomic E-state index is 15.0. The molecule has 5 nitrogen and oxygen atoms in total. The first-order valence-electron chi connectivity index (χ1n) is 12.9. The van der Waals surface area contributed by atoms with E-state index in [2.05, 4.69) is 16.0 Å². The number of amides is 1. The van der Waals surface area contributed by atoms with Gasteiger partial charge in [-0.2, -0.15) is 0 Å². The number of carbonyl (C=O) groups is 1. The molecule has 2 saturated carbocycles. The van der Waals surface area contributed by atoms with Crippen molar-refractivity contribution < 1.29 is 13.9 Å². The molecule has 182 valence electrons. The van der Waals surface area contributed by atoms with Crippen LogP contribution in [0.2, 0.25) is 0 Å². The molecule has 0 aromatic heterocycles. The summed E-state index contributed by atoms with van der Waals surface area (Å²) in [6.07, 6.45) is 11.1. The van der Waals surface area contributed by atoms with Crippen molar-refractivity contribution in [2.45, 2.75) is 75.9 Å². The van der Waals surface area contributed by atoms with E-state index < -0.39 is 11.5 Å². The van der Waals surface area contributed by atoms with Gasteiger partial charge in [-0.15, -0.1) is 0 Å². The van der Waals surface area contributed by atoms with Gasteiger partial charge in [-0.25, -0.2) is 4.39 Å². The second kappa shape index (κ2) is 9.85. The third-order valence-corrected chi connectivity index (χ3v) is 8.02. The maximum Gasteiger partial charge on any atom is 0.228 e. The second-order valence-corrected chi connectivity index (χ2v) is 10.2. The first kappa shape index (κ1) is 23.0. The quantitative estimate of drug-likeness (QED) is 0.477. The Morgan fingerprint density at radius 1 is 0.971 bits per heavy atom. The lowest BCUT2D eigenvalue weighted by molar-refractivity contribution is -0.130. The molecule has 1 amide bonds. The number of hydrogen-bond donors (Lipinski definition) is 3. The zero-order chi connectivity index (χ0) is 23.5. The first-order chi connectivity index (χ1) is 16.6. The van der Waals surface area contributed by atoms with Crippen LogP contribution in [-0.4, -0.2) is 19.1 Å². The molecule has 2 fully saturated rings. The molecule has 0 radical (unpaired) electrons. The highest BCUT2D eigenvalue weighted by atomic mass is 19.1. The number of para-hydroxylation sites is 2. The summed E-state index contributed by atoms with van der Waals surface area (Å²) < 4.78 is 20.2. The second-order valence-electron chi connectivity index (χ2n) is 10.2. The molecule has 0 saturated heterocycles. The van der Waals surface area contributed by atoms with E-state index in [1.807, 2.05) is 30.3 Å². The molecule has 0 spiro atoms. The van der Waals surface area contributed by atoms with Crippen LogP contribution >= 0.6 is 0 Å². The van der Waals surface area contributed by atoms with Gasteiger partial charge in [-0.3, -0.25) is 4.79 Å². The Bertz CT molecular complexity index is 989. The number of methoxy groups -OCH3 is 1. The zero-order valence-corrected chi connectivity index (χ0v) is 20.0. The summed E-state index contributed by atoms with van der Waals surface area (Å²) in [4.78, 5) is 14.1. The molecule has 2 aliphatic carbocycles. The molecular formula is C28H36FN3O2. The zero-order valence-electron chi connectivity index (χ0n) is 20.0.